The summed E-state index contributed by atoms with van der Waals surface area (Å²) < 4.78 is 32.6. The van der Waals surface area contributed by atoms with E-state index in [0.717, 1.165) is 19.3 Å². The molecule has 0 aliphatic carbocycles. The number of sulfonamides is 1. The quantitative estimate of drug-likeness (QED) is 0.656. The Morgan fingerprint density at radius 1 is 0.968 bits per heavy atom. The smallest absolute Gasteiger partial charge is 0.251 e. The van der Waals surface area contributed by atoms with Crippen molar-refractivity contribution < 1.29 is 17.9 Å². The second kappa shape index (κ2) is 9.83. The summed E-state index contributed by atoms with van der Waals surface area (Å²) >= 11 is 0. The van der Waals surface area contributed by atoms with Crippen LogP contribution in [0.3, 0.4) is 0 Å². The van der Waals surface area contributed by atoms with Gasteiger partial charge in [0.15, 0.2) is 0 Å². The number of carbonyl (C=O) groups excluding carboxylic acids is 1. The molecule has 1 aliphatic rings. The zero-order chi connectivity index (χ0) is 22.5. The number of hydrogen-bond donors (Lipinski definition) is 1. The van der Waals surface area contributed by atoms with Crippen molar-refractivity contribution in [2.75, 3.05) is 26.2 Å². The Morgan fingerprint density at radius 3 is 2.16 bits per heavy atom. The van der Waals surface area contributed by atoms with Crippen LogP contribution in [0.1, 0.15) is 56.0 Å². The summed E-state index contributed by atoms with van der Waals surface area (Å²) in [6, 6.07) is 14.1. The van der Waals surface area contributed by atoms with Crippen LogP contribution in [0.25, 0.3) is 0 Å². The third kappa shape index (κ3) is 6.08. The van der Waals surface area contributed by atoms with Crippen LogP contribution in [0.5, 0.6) is 5.75 Å². The molecule has 1 heterocycles. The molecule has 0 spiro atoms. The van der Waals surface area contributed by atoms with E-state index in [1.807, 2.05) is 24.3 Å². The molecule has 1 amide bonds. The molecule has 168 valence electrons. The highest BCUT2D eigenvalue weighted by atomic mass is 32.2. The number of hydrogen-bond acceptors (Lipinski definition) is 4. The predicted octanol–water partition coefficient (Wildman–Crippen LogP) is 3.97. The third-order valence-electron chi connectivity index (χ3n) is 5.45. The first kappa shape index (κ1) is 23.3. The number of amides is 1. The molecule has 0 bridgehead atoms. The molecule has 2 aromatic rings. The van der Waals surface area contributed by atoms with E-state index in [-0.39, 0.29) is 16.2 Å². The highest BCUT2D eigenvalue weighted by Gasteiger charge is 2.25. The number of nitrogens with one attached hydrogen (secondary N) is 1. The van der Waals surface area contributed by atoms with E-state index >= 15 is 0 Å². The lowest BCUT2D eigenvalue weighted by Crippen LogP contribution is -2.35. The molecule has 6 nitrogen and oxygen atoms in total. The van der Waals surface area contributed by atoms with Crippen LogP contribution in [0.4, 0.5) is 0 Å². The Hall–Kier alpha value is -2.38. The fourth-order valence-corrected chi connectivity index (χ4v) is 5.04. The molecule has 0 unspecified atom stereocenters. The first-order valence-corrected chi connectivity index (χ1v) is 12.2. The summed E-state index contributed by atoms with van der Waals surface area (Å²) in [7, 11) is -3.44. The molecule has 1 aliphatic heterocycles. The number of nitrogens with zero attached hydrogens (tertiary/aromatic N) is 1. The molecule has 0 aromatic heterocycles. The highest BCUT2D eigenvalue weighted by molar-refractivity contribution is 7.89. The van der Waals surface area contributed by atoms with Gasteiger partial charge >= 0.3 is 0 Å². The average Bonchev–Trinajstić information content (AvgIpc) is 2.77. The lowest BCUT2D eigenvalue weighted by Gasteiger charge is -2.25. The van der Waals surface area contributed by atoms with Crippen LogP contribution in [-0.2, 0) is 15.4 Å². The first-order valence-electron chi connectivity index (χ1n) is 10.8. The molecule has 3 rings (SSSR count). The zero-order valence-electron chi connectivity index (χ0n) is 18.6. The van der Waals surface area contributed by atoms with Gasteiger partial charge < -0.3 is 10.1 Å². The van der Waals surface area contributed by atoms with Gasteiger partial charge in [0, 0.05) is 18.7 Å². The summed E-state index contributed by atoms with van der Waals surface area (Å²) in [6.07, 6.45) is 2.90. The van der Waals surface area contributed by atoms with E-state index in [4.69, 9.17) is 4.74 Å². The first-order chi connectivity index (χ1) is 14.7. The maximum atomic E-state index is 12.7. The SMILES string of the molecule is CC(C)(C)c1ccc(C(=O)NCCOc2ccc(S(=O)(=O)N3CCCCC3)cc2)cc1. The maximum Gasteiger partial charge on any atom is 0.251 e. The van der Waals surface area contributed by atoms with Gasteiger partial charge in [0.05, 0.1) is 11.4 Å². The summed E-state index contributed by atoms with van der Waals surface area (Å²) in [6.45, 7) is 8.22. The van der Waals surface area contributed by atoms with Gasteiger partial charge in [0.1, 0.15) is 12.4 Å². The predicted molar refractivity (Wildman–Crippen MR) is 122 cm³/mol. The molecule has 1 saturated heterocycles. The van der Waals surface area contributed by atoms with E-state index in [0.29, 0.717) is 37.6 Å². The number of benzene rings is 2. The van der Waals surface area contributed by atoms with Gasteiger partial charge in [-0.15, -0.1) is 0 Å². The highest BCUT2D eigenvalue weighted by Crippen LogP contribution is 2.23. The van der Waals surface area contributed by atoms with E-state index in [2.05, 4.69) is 26.1 Å². The van der Waals surface area contributed by atoms with Gasteiger partial charge in [-0.3, -0.25) is 4.79 Å². The molecule has 0 saturated carbocycles. The molecule has 1 N–H and O–H groups in total. The van der Waals surface area contributed by atoms with Crippen molar-refractivity contribution in [3.63, 3.8) is 0 Å². The minimum Gasteiger partial charge on any atom is -0.492 e. The Bertz CT molecular complexity index is 972. The molecular weight excluding hydrogens is 412 g/mol. The van der Waals surface area contributed by atoms with Gasteiger partial charge in [-0.05, 0) is 60.2 Å². The van der Waals surface area contributed by atoms with E-state index in [1.165, 1.54) is 5.56 Å². The number of ether oxygens (including phenoxy) is 1. The molecule has 2 aromatic carbocycles. The van der Waals surface area contributed by atoms with Crippen molar-refractivity contribution in [1.82, 2.24) is 9.62 Å². The van der Waals surface area contributed by atoms with Crippen molar-refractivity contribution in [3.8, 4) is 5.75 Å². The minimum absolute atomic E-state index is 0.0471. The van der Waals surface area contributed by atoms with Crippen molar-refractivity contribution in [2.45, 2.75) is 50.3 Å². The van der Waals surface area contributed by atoms with Crippen molar-refractivity contribution in [1.29, 1.82) is 0 Å². The van der Waals surface area contributed by atoms with Crippen LogP contribution in [0, 0.1) is 0 Å². The van der Waals surface area contributed by atoms with Crippen molar-refractivity contribution in [3.05, 3.63) is 59.7 Å². The topological polar surface area (TPSA) is 75.7 Å². The second-order valence-corrected chi connectivity index (χ2v) is 10.8. The largest absolute Gasteiger partial charge is 0.492 e. The Kier molecular flexibility index (Phi) is 7.38. The fraction of sp³-hybridized carbons (Fsp3) is 0.458. The molecule has 0 radical (unpaired) electrons. The van der Waals surface area contributed by atoms with Gasteiger partial charge in [-0.1, -0.05) is 39.3 Å². The number of rotatable bonds is 7. The zero-order valence-corrected chi connectivity index (χ0v) is 19.4. The standard InChI is InChI=1S/C24H32N2O4S/c1-24(2,3)20-9-7-19(8-10-20)23(27)25-15-18-30-21-11-13-22(14-12-21)31(28,29)26-16-5-4-6-17-26/h7-14H,4-6,15-18H2,1-3H3,(H,25,27). The molecule has 0 atom stereocenters. The van der Waals surface area contributed by atoms with Crippen LogP contribution >= 0.6 is 0 Å². The van der Waals surface area contributed by atoms with Crippen molar-refractivity contribution in [2.24, 2.45) is 0 Å². The van der Waals surface area contributed by atoms with E-state index in [1.54, 1.807) is 28.6 Å². The van der Waals surface area contributed by atoms with E-state index in [9.17, 15) is 13.2 Å². The average molecular weight is 445 g/mol. The minimum atomic E-state index is -3.44. The van der Waals surface area contributed by atoms with Gasteiger partial charge in [-0.2, -0.15) is 4.31 Å². The Morgan fingerprint density at radius 2 is 1.58 bits per heavy atom. The fourth-order valence-electron chi connectivity index (χ4n) is 3.52. The normalized spacial score (nSPS) is 15.5. The van der Waals surface area contributed by atoms with Crippen molar-refractivity contribution >= 4 is 15.9 Å². The van der Waals surface area contributed by atoms with Gasteiger partial charge in [0.25, 0.3) is 5.91 Å². The monoisotopic (exact) mass is 444 g/mol. The molecule has 7 heteroatoms. The van der Waals surface area contributed by atoms with Crippen LogP contribution in [-0.4, -0.2) is 44.9 Å². The number of carbonyl (C=O) groups is 1. The van der Waals surface area contributed by atoms with E-state index < -0.39 is 10.0 Å². The lowest BCUT2D eigenvalue weighted by molar-refractivity contribution is 0.0947. The third-order valence-corrected chi connectivity index (χ3v) is 7.36. The van der Waals surface area contributed by atoms with Crippen LogP contribution in [0.2, 0.25) is 0 Å². The summed E-state index contributed by atoms with van der Waals surface area (Å²) in [5.74, 6) is 0.424. The second-order valence-electron chi connectivity index (χ2n) is 8.87. The molecule has 31 heavy (non-hydrogen) atoms. The van der Waals surface area contributed by atoms with Gasteiger partial charge in [0.2, 0.25) is 10.0 Å². The van der Waals surface area contributed by atoms with Crippen LogP contribution < -0.4 is 10.1 Å². The molecule has 1 fully saturated rings. The Balaban J connectivity index is 1.47. The summed E-state index contributed by atoms with van der Waals surface area (Å²) in [4.78, 5) is 12.6. The summed E-state index contributed by atoms with van der Waals surface area (Å²) in [5.41, 5.74) is 1.84. The number of piperidine rings is 1. The summed E-state index contributed by atoms with van der Waals surface area (Å²) in [5, 5.41) is 2.84. The Labute approximate surface area is 185 Å². The van der Waals surface area contributed by atoms with Crippen LogP contribution in [0.15, 0.2) is 53.4 Å². The molecular formula is C24H32N2O4S. The van der Waals surface area contributed by atoms with Gasteiger partial charge in [-0.25, -0.2) is 8.42 Å². The lowest BCUT2D eigenvalue weighted by atomic mass is 9.87. The maximum absolute atomic E-state index is 12.7.